The number of piperidine rings is 1. The Labute approximate surface area is 164 Å². The number of hydrogen-bond acceptors (Lipinski definition) is 4. The first-order chi connectivity index (χ1) is 13.0. The molecule has 1 saturated heterocycles. The number of fused-ring (bicyclic) bond motifs is 2. The van der Waals surface area contributed by atoms with Crippen LogP contribution in [0.1, 0.15) is 66.1 Å². The minimum atomic E-state index is -0.331. The smallest absolute Gasteiger partial charge is 0.317 e. The molecule has 2 fully saturated rings. The van der Waals surface area contributed by atoms with Crippen molar-refractivity contribution in [1.82, 2.24) is 15.5 Å². The summed E-state index contributed by atoms with van der Waals surface area (Å²) in [5, 5.41) is 6.11. The van der Waals surface area contributed by atoms with Gasteiger partial charge < -0.3 is 20.3 Å². The Morgan fingerprint density at radius 1 is 1.30 bits per heavy atom. The van der Waals surface area contributed by atoms with Gasteiger partial charge in [-0.05, 0) is 64.0 Å². The van der Waals surface area contributed by atoms with Gasteiger partial charge in [0.15, 0.2) is 0 Å². The predicted octanol–water partition coefficient (Wildman–Crippen LogP) is 3.01. The van der Waals surface area contributed by atoms with Crippen LogP contribution < -0.4 is 10.6 Å². The zero-order chi connectivity index (χ0) is 19.0. The summed E-state index contributed by atoms with van der Waals surface area (Å²) in [7, 11) is 0. The fraction of sp³-hybridized carbons (Fsp3) is 0.700. The molecule has 3 heterocycles. The Kier molecular flexibility index (Phi) is 5.16. The van der Waals surface area contributed by atoms with Gasteiger partial charge in [-0.3, -0.25) is 4.79 Å². The molecule has 0 radical (unpaired) electrons. The van der Waals surface area contributed by atoms with E-state index in [2.05, 4.69) is 16.7 Å². The summed E-state index contributed by atoms with van der Waals surface area (Å²) < 4.78 is 6.27. The van der Waals surface area contributed by atoms with Crippen molar-refractivity contribution in [3.63, 3.8) is 0 Å². The Balaban J connectivity index is 1.47. The van der Waals surface area contributed by atoms with Crippen LogP contribution in [0.4, 0.5) is 4.79 Å². The molecule has 1 spiro atoms. The first-order valence-corrected chi connectivity index (χ1v) is 10.9. The second kappa shape index (κ2) is 7.43. The summed E-state index contributed by atoms with van der Waals surface area (Å²) in [4.78, 5) is 28.7. The average Bonchev–Trinajstić information content (AvgIpc) is 3.04. The molecule has 1 saturated carbocycles. The monoisotopic (exact) mass is 391 g/mol. The van der Waals surface area contributed by atoms with E-state index >= 15 is 0 Å². The van der Waals surface area contributed by atoms with E-state index in [4.69, 9.17) is 4.74 Å². The van der Waals surface area contributed by atoms with Gasteiger partial charge in [-0.2, -0.15) is 0 Å². The van der Waals surface area contributed by atoms with Crippen molar-refractivity contribution in [1.29, 1.82) is 0 Å². The van der Waals surface area contributed by atoms with E-state index in [1.807, 2.05) is 18.7 Å². The van der Waals surface area contributed by atoms with E-state index in [1.54, 1.807) is 11.3 Å². The van der Waals surface area contributed by atoms with Crippen LogP contribution in [0.3, 0.4) is 0 Å². The zero-order valence-corrected chi connectivity index (χ0v) is 17.0. The van der Waals surface area contributed by atoms with E-state index in [1.165, 1.54) is 16.9 Å². The highest BCUT2D eigenvalue weighted by atomic mass is 32.1. The highest BCUT2D eigenvalue weighted by molar-refractivity contribution is 7.14. The predicted molar refractivity (Wildman–Crippen MR) is 105 cm³/mol. The summed E-state index contributed by atoms with van der Waals surface area (Å²) in [5.41, 5.74) is 0.923. The van der Waals surface area contributed by atoms with Crippen molar-refractivity contribution in [3.05, 3.63) is 21.4 Å². The van der Waals surface area contributed by atoms with Crippen molar-refractivity contribution >= 4 is 23.3 Å². The Morgan fingerprint density at radius 3 is 2.67 bits per heavy atom. The molecule has 6 nitrogen and oxygen atoms in total. The van der Waals surface area contributed by atoms with Crippen molar-refractivity contribution in [2.75, 3.05) is 19.7 Å². The van der Waals surface area contributed by atoms with Crippen molar-refractivity contribution < 1.29 is 14.3 Å². The molecule has 2 N–H and O–H groups in total. The number of nitrogens with one attached hydrogen (secondary N) is 2. The lowest BCUT2D eigenvalue weighted by atomic mass is 9.85. The second-order valence-electron chi connectivity index (χ2n) is 8.25. The number of urea groups is 1. The molecule has 3 amide bonds. The number of thiophene rings is 1. The summed E-state index contributed by atoms with van der Waals surface area (Å²) in [6, 6.07) is 2.56. The third-order valence-electron chi connectivity index (χ3n) is 5.91. The van der Waals surface area contributed by atoms with E-state index in [0.717, 1.165) is 37.0 Å². The van der Waals surface area contributed by atoms with Gasteiger partial charge in [0, 0.05) is 30.1 Å². The topological polar surface area (TPSA) is 70.7 Å². The molecule has 4 rings (SSSR count). The van der Waals surface area contributed by atoms with Gasteiger partial charge in [0.25, 0.3) is 5.91 Å². The Morgan fingerprint density at radius 2 is 2.04 bits per heavy atom. The molecule has 0 atom stereocenters. The third kappa shape index (κ3) is 3.72. The lowest BCUT2D eigenvalue weighted by Crippen LogP contribution is -2.51. The van der Waals surface area contributed by atoms with Crippen molar-refractivity contribution in [2.24, 2.45) is 0 Å². The van der Waals surface area contributed by atoms with Crippen LogP contribution in [-0.4, -0.2) is 48.6 Å². The summed E-state index contributed by atoms with van der Waals surface area (Å²) in [6.45, 7) is 5.99. The third-order valence-corrected chi connectivity index (χ3v) is 7.27. The number of ether oxygens (including phenoxy) is 1. The van der Waals surface area contributed by atoms with Gasteiger partial charge in [-0.1, -0.05) is 0 Å². The summed E-state index contributed by atoms with van der Waals surface area (Å²) in [6.07, 6.45) is 5.84. The number of carbonyl (C=O) groups is 2. The van der Waals surface area contributed by atoms with E-state index < -0.39 is 0 Å². The largest absolute Gasteiger partial charge is 0.369 e. The van der Waals surface area contributed by atoms with E-state index in [-0.39, 0.29) is 23.6 Å². The maximum atomic E-state index is 12.6. The van der Waals surface area contributed by atoms with Gasteiger partial charge in [0.05, 0.1) is 11.5 Å². The van der Waals surface area contributed by atoms with Crippen LogP contribution in [-0.2, 0) is 16.8 Å². The molecule has 1 aromatic rings. The fourth-order valence-corrected chi connectivity index (χ4v) is 5.44. The normalized spacial score (nSPS) is 21.7. The average molecular weight is 392 g/mol. The Bertz CT molecular complexity index is 718. The quantitative estimate of drug-likeness (QED) is 0.832. The lowest BCUT2D eigenvalue weighted by molar-refractivity contribution is -0.0896. The van der Waals surface area contributed by atoms with Crippen LogP contribution in [0.2, 0.25) is 0 Å². The molecule has 0 aromatic carbocycles. The number of rotatable bonds is 3. The van der Waals surface area contributed by atoms with Gasteiger partial charge in [-0.25, -0.2) is 4.79 Å². The standard InChI is InChI=1S/C20H29N3O3S/c1-13(2)21-19(25)23-9-7-20(8-10-23)17-14(6-11-26-20)12-16(27-17)18(24)22-15-4-3-5-15/h12-13,15H,3-11H2,1-2H3,(H,21,25)(H,22,24). The van der Waals surface area contributed by atoms with E-state index in [9.17, 15) is 9.59 Å². The second-order valence-corrected chi connectivity index (χ2v) is 9.30. The van der Waals surface area contributed by atoms with Crippen LogP contribution in [0.15, 0.2) is 6.07 Å². The number of nitrogens with zero attached hydrogens (tertiary/aromatic N) is 1. The molecular weight excluding hydrogens is 362 g/mol. The summed E-state index contributed by atoms with van der Waals surface area (Å²) in [5.74, 6) is 0.0583. The SMILES string of the molecule is CC(C)NC(=O)N1CCC2(CC1)OCCc1cc(C(=O)NC3CCC3)sc12. The molecule has 148 valence electrons. The van der Waals surface area contributed by atoms with Crippen molar-refractivity contribution in [2.45, 2.75) is 70.1 Å². The molecule has 2 aliphatic heterocycles. The number of likely N-dealkylation sites (tertiary alicyclic amines) is 1. The molecule has 27 heavy (non-hydrogen) atoms. The van der Waals surface area contributed by atoms with Gasteiger partial charge >= 0.3 is 6.03 Å². The Hall–Kier alpha value is -1.60. The molecule has 1 aliphatic carbocycles. The lowest BCUT2D eigenvalue weighted by Gasteiger charge is -2.43. The number of carbonyl (C=O) groups excluding carboxylic acids is 2. The number of amides is 3. The fourth-order valence-electron chi connectivity index (χ4n) is 4.12. The van der Waals surface area contributed by atoms with Crippen LogP contribution >= 0.6 is 11.3 Å². The van der Waals surface area contributed by atoms with Crippen LogP contribution in [0.25, 0.3) is 0 Å². The van der Waals surface area contributed by atoms with Crippen LogP contribution in [0, 0.1) is 0 Å². The minimum absolute atomic E-state index is 0.00243. The number of hydrogen-bond donors (Lipinski definition) is 2. The molecule has 3 aliphatic rings. The van der Waals surface area contributed by atoms with Gasteiger partial charge in [-0.15, -0.1) is 11.3 Å². The maximum Gasteiger partial charge on any atom is 0.317 e. The highest BCUT2D eigenvalue weighted by Gasteiger charge is 2.43. The van der Waals surface area contributed by atoms with Crippen molar-refractivity contribution in [3.8, 4) is 0 Å². The van der Waals surface area contributed by atoms with Crippen LogP contribution in [0.5, 0.6) is 0 Å². The highest BCUT2D eigenvalue weighted by Crippen LogP contribution is 2.45. The molecule has 1 aromatic heterocycles. The molecular formula is C20H29N3O3S. The first kappa shape index (κ1) is 18.7. The molecule has 0 unspecified atom stereocenters. The zero-order valence-electron chi connectivity index (χ0n) is 16.2. The van der Waals surface area contributed by atoms with Gasteiger partial charge in [0.1, 0.15) is 5.60 Å². The molecule has 7 heteroatoms. The summed E-state index contributed by atoms with van der Waals surface area (Å²) >= 11 is 1.59. The molecule has 0 bridgehead atoms. The van der Waals surface area contributed by atoms with E-state index in [0.29, 0.717) is 25.7 Å². The minimum Gasteiger partial charge on any atom is -0.369 e. The van der Waals surface area contributed by atoms with Gasteiger partial charge in [0.2, 0.25) is 0 Å². The maximum absolute atomic E-state index is 12.6. The first-order valence-electron chi connectivity index (χ1n) is 10.1.